The normalized spacial score (nSPS) is 28.2. The van der Waals surface area contributed by atoms with Crippen molar-refractivity contribution in [1.29, 1.82) is 0 Å². The highest BCUT2D eigenvalue weighted by molar-refractivity contribution is 5.32. The highest BCUT2D eigenvalue weighted by Gasteiger charge is 2.28. The van der Waals surface area contributed by atoms with Crippen molar-refractivity contribution in [2.24, 2.45) is 11.8 Å². The lowest BCUT2D eigenvalue weighted by Gasteiger charge is -2.32. The van der Waals surface area contributed by atoms with Crippen molar-refractivity contribution >= 4 is 0 Å². The van der Waals surface area contributed by atoms with E-state index in [1.165, 1.54) is 0 Å². The van der Waals surface area contributed by atoms with Gasteiger partial charge in [0.1, 0.15) is 0 Å². The fourth-order valence-corrected chi connectivity index (χ4v) is 3.30. The maximum atomic E-state index is 13.9. The zero-order valence-electron chi connectivity index (χ0n) is 16.0. The molecule has 2 aliphatic heterocycles. The molecular formula is C20H24F4O5. The van der Waals surface area contributed by atoms with E-state index >= 15 is 0 Å². The fourth-order valence-electron chi connectivity index (χ4n) is 3.30. The number of ether oxygens (including phenoxy) is 5. The standard InChI is InChI=1S/C20H24F4O5/c1-2-3-12-8-25-17(26-9-12)5-4-13-10-27-19(28-11-13)14-6-15(21)18(16(22)7-14)29-20(23)24/h2-3,6-7,12-13,17,19-20H,4-5,8-11H2,1H3/b3-2+/t12-,13-,17-,19-. The van der Waals surface area contributed by atoms with Crippen molar-refractivity contribution in [2.45, 2.75) is 39.0 Å². The van der Waals surface area contributed by atoms with E-state index in [1.807, 2.05) is 13.0 Å². The van der Waals surface area contributed by atoms with Gasteiger partial charge in [0.25, 0.3) is 0 Å². The first-order valence-electron chi connectivity index (χ1n) is 9.49. The Bertz CT molecular complexity index is 660. The summed E-state index contributed by atoms with van der Waals surface area (Å²) in [6.07, 6.45) is 4.22. The monoisotopic (exact) mass is 420 g/mol. The first kappa shape index (κ1) is 22.0. The summed E-state index contributed by atoms with van der Waals surface area (Å²) in [6, 6.07) is 1.74. The first-order chi connectivity index (χ1) is 14.0. The van der Waals surface area contributed by atoms with Crippen molar-refractivity contribution in [1.82, 2.24) is 0 Å². The van der Waals surface area contributed by atoms with E-state index in [0.717, 1.165) is 18.6 Å². The zero-order chi connectivity index (χ0) is 20.8. The minimum atomic E-state index is -3.32. The van der Waals surface area contributed by atoms with E-state index in [0.29, 0.717) is 32.8 Å². The van der Waals surface area contributed by atoms with Gasteiger partial charge in [0.05, 0.1) is 26.4 Å². The molecule has 1 aromatic carbocycles. The highest BCUT2D eigenvalue weighted by Crippen LogP contribution is 2.32. The predicted molar refractivity (Wildman–Crippen MR) is 94.4 cm³/mol. The minimum Gasteiger partial charge on any atom is -0.429 e. The molecule has 0 atom stereocenters. The van der Waals surface area contributed by atoms with Gasteiger partial charge < -0.3 is 23.7 Å². The molecule has 162 valence electrons. The Morgan fingerprint density at radius 3 is 2.17 bits per heavy atom. The number of alkyl halides is 2. The van der Waals surface area contributed by atoms with E-state index in [1.54, 1.807) is 0 Å². The van der Waals surface area contributed by atoms with Crippen LogP contribution in [-0.4, -0.2) is 39.3 Å². The van der Waals surface area contributed by atoms with Crippen LogP contribution < -0.4 is 4.74 Å². The number of allylic oxidation sites excluding steroid dienone is 1. The molecule has 0 amide bonds. The number of benzene rings is 1. The Morgan fingerprint density at radius 1 is 1.00 bits per heavy atom. The van der Waals surface area contributed by atoms with Gasteiger partial charge in [-0.05, 0) is 31.9 Å². The average molecular weight is 420 g/mol. The second-order valence-electron chi connectivity index (χ2n) is 7.02. The molecule has 0 aliphatic carbocycles. The lowest BCUT2D eigenvalue weighted by molar-refractivity contribution is -0.217. The fraction of sp³-hybridized carbons (Fsp3) is 0.600. The van der Waals surface area contributed by atoms with Crippen LogP contribution in [0.15, 0.2) is 24.3 Å². The van der Waals surface area contributed by atoms with Crippen LogP contribution in [0.5, 0.6) is 5.75 Å². The molecule has 29 heavy (non-hydrogen) atoms. The van der Waals surface area contributed by atoms with Crippen molar-refractivity contribution in [3.63, 3.8) is 0 Å². The predicted octanol–water partition coefficient (Wildman–Crippen LogP) is 4.57. The molecule has 5 nitrogen and oxygen atoms in total. The average Bonchev–Trinajstić information content (AvgIpc) is 2.70. The summed E-state index contributed by atoms with van der Waals surface area (Å²) < 4.78 is 78.5. The molecule has 2 saturated heterocycles. The van der Waals surface area contributed by atoms with Gasteiger partial charge in [-0.3, -0.25) is 0 Å². The van der Waals surface area contributed by atoms with Gasteiger partial charge in [-0.1, -0.05) is 12.2 Å². The molecule has 1 aromatic rings. The third kappa shape index (κ3) is 6.15. The maximum absolute atomic E-state index is 13.9. The molecule has 9 heteroatoms. The maximum Gasteiger partial charge on any atom is 0.387 e. The smallest absolute Gasteiger partial charge is 0.387 e. The molecule has 0 saturated carbocycles. The molecule has 0 aromatic heterocycles. The lowest BCUT2D eigenvalue weighted by atomic mass is 10.0. The van der Waals surface area contributed by atoms with Gasteiger partial charge in [-0.2, -0.15) is 8.78 Å². The van der Waals surface area contributed by atoms with E-state index in [4.69, 9.17) is 18.9 Å². The topological polar surface area (TPSA) is 46.2 Å². The number of rotatable bonds is 7. The van der Waals surface area contributed by atoms with Crippen LogP contribution in [-0.2, 0) is 18.9 Å². The SMILES string of the molecule is C/C=C/[C@H]1CO[C@H](CC[C@H]2CO[C@H](c3cc(F)c(OC(F)F)c(F)c3)OC2)OC1. The van der Waals surface area contributed by atoms with Crippen LogP contribution in [0.3, 0.4) is 0 Å². The third-order valence-electron chi connectivity index (χ3n) is 4.73. The third-order valence-corrected chi connectivity index (χ3v) is 4.73. The summed E-state index contributed by atoms with van der Waals surface area (Å²) in [6.45, 7) is 0.540. The van der Waals surface area contributed by atoms with Crippen LogP contribution in [0.25, 0.3) is 0 Å². The van der Waals surface area contributed by atoms with Crippen molar-refractivity contribution in [2.75, 3.05) is 26.4 Å². The van der Waals surface area contributed by atoms with Gasteiger partial charge in [-0.25, -0.2) is 8.78 Å². The van der Waals surface area contributed by atoms with Crippen LogP contribution in [0.4, 0.5) is 17.6 Å². The summed E-state index contributed by atoms with van der Waals surface area (Å²) in [5.41, 5.74) is 0.0639. The molecule has 0 N–H and O–H groups in total. The van der Waals surface area contributed by atoms with E-state index in [9.17, 15) is 17.6 Å². The molecule has 2 heterocycles. The van der Waals surface area contributed by atoms with Gasteiger partial charge in [-0.15, -0.1) is 0 Å². The summed E-state index contributed by atoms with van der Waals surface area (Å²) in [7, 11) is 0. The Balaban J connectivity index is 1.45. The highest BCUT2D eigenvalue weighted by atomic mass is 19.3. The van der Waals surface area contributed by atoms with Gasteiger partial charge in [0.15, 0.2) is 30.0 Å². The van der Waals surface area contributed by atoms with E-state index < -0.39 is 30.3 Å². The minimum absolute atomic E-state index is 0.0639. The molecule has 2 aliphatic rings. The second-order valence-corrected chi connectivity index (χ2v) is 7.02. The van der Waals surface area contributed by atoms with Gasteiger partial charge >= 0.3 is 6.61 Å². The summed E-state index contributed by atoms with van der Waals surface area (Å²) in [5, 5.41) is 0. The Labute approximate surface area is 166 Å². The molecule has 3 rings (SSSR count). The van der Waals surface area contributed by atoms with Gasteiger partial charge in [0, 0.05) is 17.4 Å². The number of hydrogen-bond donors (Lipinski definition) is 0. The van der Waals surface area contributed by atoms with Crippen LogP contribution in [0.1, 0.15) is 31.6 Å². The lowest BCUT2D eigenvalue weighted by Crippen LogP contribution is -2.33. The molecule has 0 spiro atoms. The Hall–Kier alpha value is -1.68. The first-order valence-corrected chi connectivity index (χ1v) is 9.49. The number of halogens is 4. The Morgan fingerprint density at radius 2 is 1.62 bits per heavy atom. The summed E-state index contributed by atoms with van der Waals surface area (Å²) in [4.78, 5) is 0. The molecule has 2 fully saturated rings. The zero-order valence-corrected chi connectivity index (χ0v) is 16.0. The summed E-state index contributed by atoms with van der Waals surface area (Å²) >= 11 is 0. The van der Waals surface area contributed by atoms with Crippen LogP contribution in [0.2, 0.25) is 0 Å². The Kier molecular flexibility index (Phi) is 7.88. The molecular weight excluding hydrogens is 396 g/mol. The van der Waals surface area contributed by atoms with E-state index in [-0.39, 0.29) is 23.7 Å². The van der Waals surface area contributed by atoms with Crippen LogP contribution >= 0.6 is 0 Å². The molecule has 0 radical (unpaired) electrons. The van der Waals surface area contributed by atoms with Crippen molar-refractivity contribution < 1.29 is 41.2 Å². The molecule has 0 bridgehead atoms. The molecule has 0 unspecified atom stereocenters. The van der Waals surface area contributed by atoms with Crippen LogP contribution in [0, 0.1) is 23.5 Å². The quantitative estimate of drug-likeness (QED) is 0.478. The second kappa shape index (κ2) is 10.4. The van der Waals surface area contributed by atoms with Gasteiger partial charge in [0.2, 0.25) is 0 Å². The largest absolute Gasteiger partial charge is 0.429 e. The van der Waals surface area contributed by atoms with E-state index in [2.05, 4.69) is 10.8 Å². The van der Waals surface area contributed by atoms with Crippen molar-refractivity contribution in [3.8, 4) is 5.75 Å². The van der Waals surface area contributed by atoms with Crippen molar-refractivity contribution in [3.05, 3.63) is 41.5 Å². The number of hydrogen-bond acceptors (Lipinski definition) is 5. The summed E-state index contributed by atoms with van der Waals surface area (Å²) in [5.74, 6) is -3.24.